The summed E-state index contributed by atoms with van der Waals surface area (Å²) in [6.45, 7) is 0.494. The fourth-order valence-electron chi connectivity index (χ4n) is 1.32. The van der Waals surface area contributed by atoms with Gasteiger partial charge >= 0.3 is 0 Å². The molecule has 2 rings (SSSR count). The molecule has 1 aliphatic rings. The maximum atomic E-state index is 8.75. The Hall–Kier alpha value is -0.800. The highest BCUT2D eigenvalue weighted by molar-refractivity contribution is 5.05. The van der Waals surface area contributed by atoms with E-state index < -0.39 is 0 Å². The Morgan fingerprint density at radius 2 is 2.15 bits per heavy atom. The van der Waals surface area contributed by atoms with Crippen molar-refractivity contribution in [2.24, 2.45) is 0 Å². The van der Waals surface area contributed by atoms with Crippen molar-refractivity contribution in [1.29, 1.82) is 0 Å². The molecule has 1 fully saturated rings. The molecule has 0 aromatic carbocycles. The van der Waals surface area contributed by atoms with Gasteiger partial charge < -0.3 is 14.3 Å². The molecule has 0 spiro atoms. The molecule has 0 radical (unpaired) electrons. The first-order valence-corrected chi connectivity index (χ1v) is 4.68. The summed E-state index contributed by atoms with van der Waals surface area (Å²) in [5, 5.41) is 8.75. The number of furan rings is 1. The molecule has 1 aromatic heterocycles. The Morgan fingerprint density at radius 3 is 2.69 bits per heavy atom. The van der Waals surface area contributed by atoms with Crippen molar-refractivity contribution in [3.05, 3.63) is 23.7 Å². The second kappa shape index (κ2) is 3.94. The summed E-state index contributed by atoms with van der Waals surface area (Å²) >= 11 is 0. The summed E-state index contributed by atoms with van der Waals surface area (Å²) in [6.07, 6.45) is 4.06. The first-order chi connectivity index (χ1) is 6.38. The Morgan fingerprint density at radius 1 is 1.38 bits per heavy atom. The third-order valence-corrected chi connectivity index (χ3v) is 2.39. The van der Waals surface area contributed by atoms with Gasteiger partial charge in [-0.1, -0.05) is 0 Å². The van der Waals surface area contributed by atoms with E-state index in [1.807, 2.05) is 6.07 Å². The zero-order valence-corrected chi connectivity index (χ0v) is 7.53. The van der Waals surface area contributed by atoms with Gasteiger partial charge in [0.2, 0.25) is 0 Å². The van der Waals surface area contributed by atoms with Gasteiger partial charge in [0.1, 0.15) is 24.7 Å². The van der Waals surface area contributed by atoms with Gasteiger partial charge in [-0.2, -0.15) is 0 Å². The van der Waals surface area contributed by atoms with Crippen LogP contribution in [0.4, 0.5) is 0 Å². The molecular formula is C10H14O3. The van der Waals surface area contributed by atoms with Gasteiger partial charge in [0.05, 0.1) is 6.10 Å². The van der Waals surface area contributed by atoms with Crippen molar-refractivity contribution >= 4 is 0 Å². The molecule has 0 bridgehead atoms. The van der Waals surface area contributed by atoms with Crippen LogP contribution >= 0.6 is 0 Å². The Bertz CT molecular complexity index is 263. The fraction of sp³-hybridized carbons (Fsp3) is 0.600. The standard InChI is InChI=1S/C10H14O3/c11-6-9-4-5-10(13-9)7-12-8-2-1-3-8/h4-5,8,11H,1-3,6-7H2. The minimum atomic E-state index is -0.0383. The fourth-order valence-corrected chi connectivity index (χ4v) is 1.32. The molecule has 0 unspecified atom stereocenters. The molecule has 1 heterocycles. The Labute approximate surface area is 77.3 Å². The normalized spacial score (nSPS) is 17.3. The zero-order chi connectivity index (χ0) is 9.10. The minimum Gasteiger partial charge on any atom is -0.461 e. The molecule has 72 valence electrons. The van der Waals surface area contributed by atoms with Crippen molar-refractivity contribution in [2.45, 2.75) is 38.6 Å². The van der Waals surface area contributed by atoms with Crippen LogP contribution in [0.3, 0.4) is 0 Å². The van der Waals surface area contributed by atoms with Crippen molar-refractivity contribution in [3.8, 4) is 0 Å². The molecule has 0 atom stereocenters. The van der Waals surface area contributed by atoms with E-state index in [-0.39, 0.29) is 6.61 Å². The lowest BCUT2D eigenvalue weighted by Crippen LogP contribution is -2.20. The number of aliphatic hydroxyl groups excluding tert-OH is 1. The van der Waals surface area contributed by atoms with E-state index in [9.17, 15) is 0 Å². The first-order valence-electron chi connectivity index (χ1n) is 4.68. The molecule has 1 aliphatic carbocycles. The van der Waals surface area contributed by atoms with Gasteiger partial charge in [-0.05, 0) is 31.4 Å². The van der Waals surface area contributed by atoms with Crippen LogP contribution in [0.2, 0.25) is 0 Å². The van der Waals surface area contributed by atoms with Crippen LogP contribution in [0, 0.1) is 0 Å². The van der Waals surface area contributed by atoms with Gasteiger partial charge in [0.25, 0.3) is 0 Å². The third-order valence-electron chi connectivity index (χ3n) is 2.39. The van der Waals surface area contributed by atoms with Crippen molar-refractivity contribution < 1.29 is 14.3 Å². The van der Waals surface area contributed by atoms with E-state index in [0.29, 0.717) is 18.5 Å². The van der Waals surface area contributed by atoms with Crippen LogP contribution in [0.1, 0.15) is 30.8 Å². The number of hydrogen-bond donors (Lipinski definition) is 1. The van der Waals surface area contributed by atoms with Crippen molar-refractivity contribution in [1.82, 2.24) is 0 Å². The number of hydrogen-bond acceptors (Lipinski definition) is 3. The minimum absolute atomic E-state index is 0.0383. The third kappa shape index (κ3) is 2.11. The molecule has 0 amide bonds. The van der Waals surface area contributed by atoms with Crippen LogP contribution in [0.25, 0.3) is 0 Å². The van der Waals surface area contributed by atoms with E-state index in [1.54, 1.807) is 6.07 Å². The topological polar surface area (TPSA) is 42.6 Å². The molecule has 1 aromatic rings. The van der Waals surface area contributed by atoms with Crippen molar-refractivity contribution in [2.75, 3.05) is 0 Å². The molecule has 1 saturated carbocycles. The summed E-state index contributed by atoms with van der Waals surface area (Å²) in [6, 6.07) is 3.63. The van der Waals surface area contributed by atoms with Gasteiger partial charge in [-0.25, -0.2) is 0 Å². The maximum absolute atomic E-state index is 8.75. The van der Waals surface area contributed by atoms with Crippen LogP contribution < -0.4 is 0 Å². The lowest BCUT2D eigenvalue weighted by Gasteiger charge is -2.24. The van der Waals surface area contributed by atoms with E-state index in [2.05, 4.69) is 0 Å². The van der Waals surface area contributed by atoms with E-state index in [1.165, 1.54) is 19.3 Å². The molecule has 0 saturated heterocycles. The quantitative estimate of drug-likeness (QED) is 0.772. The molecule has 0 aliphatic heterocycles. The summed E-state index contributed by atoms with van der Waals surface area (Å²) in [4.78, 5) is 0. The van der Waals surface area contributed by atoms with Crippen LogP contribution in [0.5, 0.6) is 0 Å². The van der Waals surface area contributed by atoms with Crippen LogP contribution in [0.15, 0.2) is 16.5 Å². The second-order valence-corrected chi connectivity index (χ2v) is 3.39. The average Bonchev–Trinajstić information content (AvgIpc) is 2.49. The number of aliphatic hydroxyl groups is 1. The smallest absolute Gasteiger partial charge is 0.130 e. The average molecular weight is 182 g/mol. The lowest BCUT2D eigenvalue weighted by molar-refractivity contribution is -0.0163. The van der Waals surface area contributed by atoms with Crippen LogP contribution in [-0.4, -0.2) is 11.2 Å². The Kier molecular flexibility index (Phi) is 2.66. The molecule has 3 nitrogen and oxygen atoms in total. The van der Waals surface area contributed by atoms with Gasteiger partial charge in [-0.15, -0.1) is 0 Å². The number of rotatable bonds is 4. The summed E-state index contributed by atoms with van der Waals surface area (Å²) in [5.74, 6) is 1.41. The monoisotopic (exact) mass is 182 g/mol. The largest absolute Gasteiger partial charge is 0.461 e. The summed E-state index contributed by atoms with van der Waals surface area (Å²) < 4.78 is 10.8. The van der Waals surface area contributed by atoms with Gasteiger partial charge in [0, 0.05) is 0 Å². The highest BCUT2D eigenvalue weighted by Gasteiger charge is 2.18. The lowest BCUT2D eigenvalue weighted by atomic mass is 9.96. The summed E-state index contributed by atoms with van der Waals surface area (Å²) in [5.41, 5.74) is 0. The molecular weight excluding hydrogens is 168 g/mol. The zero-order valence-electron chi connectivity index (χ0n) is 7.53. The Balaban J connectivity index is 1.79. The van der Waals surface area contributed by atoms with E-state index in [4.69, 9.17) is 14.3 Å². The first kappa shape index (κ1) is 8.78. The van der Waals surface area contributed by atoms with Gasteiger partial charge in [-0.3, -0.25) is 0 Å². The van der Waals surface area contributed by atoms with Crippen molar-refractivity contribution in [3.63, 3.8) is 0 Å². The number of ether oxygens (including phenoxy) is 1. The second-order valence-electron chi connectivity index (χ2n) is 3.39. The van der Waals surface area contributed by atoms with E-state index >= 15 is 0 Å². The molecule has 1 N–H and O–H groups in total. The highest BCUT2D eigenvalue weighted by Crippen LogP contribution is 2.23. The van der Waals surface area contributed by atoms with Gasteiger partial charge in [0.15, 0.2) is 0 Å². The SMILES string of the molecule is OCc1ccc(COC2CCC2)o1. The molecule has 13 heavy (non-hydrogen) atoms. The predicted octanol–water partition coefficient (Wildman–Crippen LogP) is 1.84. The molecule has 3 heteroatoms. The summed E-state index contributed by atoms with van der Waals surface area (Å²) in [7, 11) is 0. The van der Waals surface area contributed by atoms with E-state index in [0.717, 1.165) is 5.76 Å². The predicted molar refractivity (Wildman–Crippen MR) is 47.1 cm³/mol. The van der Waals surface area contributed by atoms with Crippen LogP contribution in [-0.2, 0) is 18.0 Å². The highest BCUT2D eigenvalue weighted by atomic mass is 16.5. The maximum Gasteiger partial charge on any atom is 0.130 e.